The van der Waals surface area contributed by atoms with Crippen LogP contribution in [0.2, 0.25) is 0 Å². The molecule has 1 aliphatic rings. The Bertz CT molecular complexity index is 420. The van der Waals surface area contributed by atoms with Gasteiger partial charge in [-0.15, -0.1) is 0 Å². The van der Waals surface area contributed by atoms with Crippen LogP contribution >= 0.6 is 0 Å². The summed E-state index contributed by atoms with van der Waals surface area (Å²) in [6.45, 7) is 3.64. The van der Waals surface area contributed by atoms with Crippen molar-refractivity contribution in [1.82, 2.24) is 9.97 Å². The maximum atomic E-state index is 9.73. The molecule has 0 aliphatic carbocycles. The molecule has 6 heteroatoms. The Hall–Kier alpha value is -1.40. The molecule has 1 unspecified atom stereocenters. The van der Waals surface area contributed by atoms with E-state index < -0.39 is 11.9 Å². The largest absolute Gasteiger partial charge is 0.481 e. The topological polar surface area (TPSA) is 73.7 Å². The van der Waals surface area contributed by atoms with Gasteiger partial charge in [-0.2, -0.15) is 9.97 Å². The molecule has 0 amide bonds. The summed E-state index contributed by atoms with van der Waals surface area (Å²) in [7, 11) is 2.96. The van der Waals surface area contributed by atoms with Crippen LogP contribution in [0.1, 0.15) is 31.4 Å². The number of ether oxygens (including phenoxy) is 3. The summed E-state index contributed by atoms with van der Waals surface area (Å²) in [6, 6.07) is 0.149. The van der Waals surface area contributed by atoms with Crippen LogP contribution in [0, 0.1) is 0 Å². The molecule has 0 saturated carbocycles. The Balaban J connectivity index is 2.64. The molecule has 0 aromatic carbocycles. The van der Waals surface area contributed by atoms with E-state index >= 15 is 0 Å². The van der Waals surface area contributed by atoms with Crippen molar-refractivity contribution in [3.8, 4) is 11.9 Å². The van der Waals surface area contributed by atoms with Gasteiger partial charge in [0.25, 0.3) is 0 Å². The number of aromatic nitrogens is 2. The molecule has 6 nitrogen and oxygen atoms in total. The molecule has 0 spiro atoms. The van der Waals surface area contributed by atoms with E-state index in [-0.39, 0.29) is 6.01 Å². The fraction of sp³-hybridized carbons (Fsp3) is 0.600. The highest BCUT2D eigenvalue weighted by atomic mass is 16.6. The molecule has 1 aromatic rings. The van der Waals surface area contributed by atoms with Crippen LogP contribution in [0.15, 0.2) is 0 Å². The second-order valence-corrected chi connectivity index (χ2v) is 3.96. The van der Waals surface area contributed by atoms with Crippen molar-refractivity contribution in [3.05, 3.63) is 11.3 Å². The third-order valence-corrected chi connectivity index (χ3v) is 2.50. The highest BCUT2D eigenvalue weighted by Gasteiger charge is 2.42. The molecule has 0 radical (unpaired) electrons. The Morgan fingerprint density at radius 3 is 2.50 bits per heavy atom. The number of nitrogens with zero attached hydrogens (tertiary/aromatic N) is 2. The summed E-state index contributed by atoms with van der Waals surface area (Å²) in [4.78, 5) is 8.13. The molecule has 1 N–H and O–H groups in total. The average Bonchev–Trinajstić information content (AvgIpc) is 2.48. The van der Waals surface area contributed by atoms with Crippen molar-refractivity contribution in [1.29, 1.82) is 0 Å². The summed E-state index contributed by atoms with van der Waals surface area (Å²) in [5.74, 6) is 0.364. The second kappa shape index (κ2) is 3.57. The molecule has 16 heavy (non-hydrogen) atoms. The van der Waals surface area contributed by atoms with E-state index in [0.29, 0.717) is 17.1 Å². The number of hydrogen-bond donors (Lipinski definition) is 1. The molecule has 2 rings (SSSR count). The van der Waals surface area contributed by atoms with Gasteiger partial charge in [-0.25, -0.2) is 0 Å². The fourth-order valence-electron chi connectivity index (χ4n) is 1.81. The fourth-order valence-corrected chi connectivity index (χ4v) is 1.81. The summed E-state index contributed by atoms with van der Waals surface area (Å²) in [6.07, 6.45) is -1.07. The van der Waals surface area contributed by atoms with Gasteiger partial charge in [-0.05, 0) is 13.8 Å². The maximum Gasteiger partial charge on any atom is 0.319 e. The van der Waals surface area contributed by atoms with Gasteiger partial charge in [-0.3, -0.25) is 0 Å². The lowest BCUT2D eigenvalue weighted by atomic mass is 10.0. The molecule has 2 heterocycles. The highest BCUT2D eigenvalue weighted by molar-refractivity contribution is 5.40. The Morgan fingerprint density at radius 1 is 1.25 bits per heavy atom. The minimum Gasteiger partial charge on any atom is -0.481 e. The number of rotatable bonds is 2. The van der Waals surface area contributed by atoms with Crippen molar-refractivity contribution in [3.63, 3.8) is 0 Å². The van der Waals surface area contributed by atoms with Gasteiger partial charge in [0.05, 0.1) is 25.4 Å². The van der Waals surface area contributed by atoms with E-state index in [1.807, 2.05) is 13.8 Å². The zero-order valence-electron chi connectivity index (χ0n) is 9.64. The van der Waals surface area contributed by atoms with E-state index in [4.69, 9.17) is 14.2 Å². The average molecular weight is 226 g/mol. The van der Waals surface area contributed by atoms with Crippen molar-refractivity contribution in [2.75, 3.05) is 14.2 Å². The highest BCUT2D eigenvalue weighted by Crippen LogP contribution is 2.45. The number of methoxy groups -OCH3 is 2. The molecular formula is C10H14N2O4. The van der Waals surface area contributed by atoms with Crippen LogP contribution in [-0.2, 0) is 10.3 Å². The van der Waals surface area contributed by atoms with E-state index in [2.05, 4.69) is 9.97 Å². The quantitative estimate of drug-likeness (QED) is 0.802. The van der Waals surface area contributed by atoms with E-state index in [1.165, 1.54) is 14.2 Å². The molecule has 88 valence electrons. The van der Waals surface area contributed by atoms with Gasteiger partial charge in [0.15, 0.2) is 6.29 Å². The first-order valence-electron chi connectivity index (χ1n) is 4.86. The van der Waals surface area contributed by atoms with E-state index in [9.17, 15) is 5.11 Å². The lowest BCUT2D eigenvalue weighted by molar-refractivity contribution is -0.159. The number of hydrogen-bond acceptors (Lipinski definition) is 6. The smallest absolute Gasteiger partial charge is 0.319 e. The number of aliphatic hydroxyl groups excluding tert-OH is 1. The monoisotopic (exact) mass is 226 g/mol. The van der Waals surface area contributed by atoms with Crippen molar-refractivity contribution >= 4 is 0 Å². The van der Waals surface area contributed by atoms with Gasteiger partial charge in [0.2, 0.25) is 5.88 Å². The predicted molar refractivity (Wildman–Crippen MR) is 54.2 cm³/mol. The van der Waals surface area contributed by atoms with Crippen LogP contribution < -0.4 is 9.47 Å². The summed E-state index contributed by atoms with van der Waals surface area (Å²) >= 11 is 0. The van der Waals surface area contributed by atoms with Gasteiger partial charge >= 0.3 is 6.01 Å². The Morgan fingerprint density at radius 2 is 1.94 bits per heavy atom. The molecule has 1 aliphatic heterocycles. The minimum absolute atomic E-state index is 0.149. The molecule has 0 bridgehead atoms. The first-order chi connectivity index (χ1) is 7.49. The lowest BCUT2D eigenvalue weighted by Crippen LogP contribution is -2.17. The first kappa shape index (κ1) is 11.1. The predicted octanol–water partition coefficient (Wildman–Crippen LogP) is 0.750. The molecule has 1 aromatic heterocycles. The zero-order valence-corrected chi connectivity index (χ0v) is 9.64. The summed E-state index contributed by atoms with van der Waals surface area (Å²) < 4.78 is 15.5. The van der Waals surface area contributed by atoms with Crippen LogP contribution in [0.4, 0.5) is 0 Å². The molecule has 0 fully saturated rings. The van der Waals surface area contributed by atoms with Crippen molar-refractivity contribution in [2.24, 2.45) is 0 Å². The molecule has 1 atom stereocenters. The van der Waals surface area contributed by atoms with Crippen LogP contribution in [0.3, 0.4) is 0 Å². The minimum atomic E-state index is -1.07. The lowest BCUT2D eigenvalue weighted by Gasteiger charge is -2.19. The number of fused-ring (bicyclic) bond motifs is 1. The van der Waals surface area contributed by atoms with E-state index in [0.717, 1.165) is 0 Å². The number of aliphatic hydroxyl groups is 1. The molecular weight excluding hydrogens is 212 g/mol. The first-order valence-corrected chi connectivity index (χ1v) is 4.86. The second-order valence-electron chi connectivity index (χ2n) is 3.96. The van der Waals surface area contributed by atoms with Gasteiger partial charge in [0, 0.05) is 0 Å². The normalized spacial score (nSPS) is 21.7. The van der Waals surface area contributed by atoms with Crippen molar-refractivity contribution in [2.45, 2.75) is 25.7 Å². The Kier molecular flexibility index (Phi) is 2.47. The van der Waals surface area contributed by atoms with Gasteiger partial charge < -0.3 is 19.3 Å². The third-order valence-electron chi connectivity index (χ3n) is 2.50. The third kappa shape index (κ3) is 1.50. The maximum absolute atomic E-state index is 9.73. The summed E-state index contributed by atoms with van der Waals surface area (Å²) in [5.41, 5.74) is 0.379. The molecule has 0 saturated heterocycles. The van der Waals surface area contributed by atoms with Crippen LogP contribution in [-0.4, -0.2) is 29.3 Å². The summed E-state index contributed by atoms with van der Waals surface area (Å²) in [5, 5.41) is 9.73. The van der Waals surface area contributed by atoms with Gasteiger partial charge in [-0.1, -0.05) is 0 Å². The standard InChI is InChI=1S/C10H14N2O4/c1-10(2)5-6(8(13)16-10)11-9(15-4)12-7(5)14-3/h8,13H,1-4H3. The Labute approximate surface area is 93.2 Å². The van der Waals surface area contributed by atoms with Crippen LogP contribution in [0.25, 0.3) is 0 Å². The van der Waals surface area contributed by atoms with Crippen molar-refractivity contribution < 1.29 is 19.3 Å². The van der Waals surface area contributed by atoms with E-state index in [1.54, 1.807) is 0 Å². The van der Waals surface area contributed by atoms with Crippen LogP contribution in [0.5, 0.6) is 11.9 Å². The zero-order chi connectivity index (χ0) is 11.9. The SMILES string of the molecule is COc1nc(OC)c2c(n1)C(O)OC2(C)C. The van der Waals surface area contributed by atoms with Gasteiger partial charge in [0.1, 0.15) is 5.69 Å².